The van der Waals surface area contributed by atoms with Crippen LogP contribution in [0, 0.1) is 19.7 Å². The predicted octanol–water partition coefficient (Wildman–Crippen LogP) is 2.16. The number of rotatable bonds is 5. The summed E-state index contributed by atoms with van der Waals surface area (Å²) in [6.07, 6.45) is 0. The van der Waals surface area contributed by atoms with Crippen molar-refractivity contribution in [3.05, 3.63) is 47.4 Å². The van der Waals surface area contributed by atoms with Gasteiger partial charge in [0.2, 0.25) is 11.8 Å². The molecule has 0 fully saturated rings. The number of benzene rings is 1. The van der Waals surface area contributed by atoms with E-state index in [9.17, 15) is 9.18 Å². The number of halogens is 1. The fourth-order valence-corrected chi connectivity index (χ4v) is 1.64. The highest BCUT2D eigenvalue weighted by Crippen LogP contribution is 2.08. The highest BCUT2D eigenvalue weighted by atomic mass is 19.1. The van der Waals surface area contributed by atoms with Gasteiger partial charge in [0.25, 0.3) is 0 Å². The summed E-state index contributed by atoms with van der Waals surface area (Å²) in [4.78, 5) is 15.8. The van der Waals surface area contributed by atoms with Crippen LogP contribution in [-0.4, -0.2) is 17.4 Å². The molecule has 0 unspecified atom stereocenters. The lowest BCUT2D eigenvalue weighted by molar-refractivity contribution is -0.115. The quantitative estimate of drug-likeness (QED) is 0.879. The molecule has 0 saturated carbocycles. The number of aromatic nitrogens is 1. The predicted molar refractivity (Wildman–Crippen MR) is 72.7 cm³/mol. The molecule has 1 aromatic heterocycles. The Hall–Kier alpha value is -2.21. The van der Waals surface area contributed by atoms with Gasteiger partial charge in [0.05, 0.1) is 18.8 Å². The topological polar surface area (TPSA) is 67.2 Å². The Balaban J connectivity index is 1.76. The number of hydrogen-bond acceptors (Lipinski definition) is 4. The zero-order chi connectivity index (χ0) is 14.5. The zero-order valence-electron chi connectivity index (χ0n) is 11.4. The summed E-state index contributed by atoms with van der Waals surface area (Å²) in [5.41, 5.74) is 1.40. The van der Waals surface area contributed by atoms with E-state index in [1.54, 1.807) is 0 Å². The molecule has 0 bridgehead atoms. The smallest absolute Gasteiger partial charge is 0.238 e. The van der Waals surface area contributed by atoms with Gasteiger partial charge in [-0.15, -0.1) is 0 Å². The molecule has 0 spiro atoms. The van der Waals surface area contributed by atoms with Crippen LogP contribution in [0.4, 0.5) is 10.1 Å². The number of carbonyl (C=O) groups excluding carboxylic acids is 1. The zero-order valence-corrected chi connectivity index (χ0v) is 11.4. The van der Waals surface area contributed by atoms with E-state index in [2.05, 4.69) is 15.6 Å². The summed E-state index contributed by atoms with van der Waals surface area (Å²) in [6, 6.07) is 5.60. The molecule has 1 amide bonds. The van der Waals surface area contributed by atoms with Crippen LogP contribution in [0.25, 0.3) is 0 Å². The molecular formula is C14H16FN3O2. The molecule has 0 aliphatic rings. The van der Waals surface area contributed by atoms with Crippen LogP contribution >= 0.6 is 0 Å². The Bertz CT molecular complexity index is 573. The molecule has 0 aliphatic carbocycles. The molecule has 0 saturated heterocycles. The molecular weight excluding hydrogens is 261 g/mol. The number of carbonyl (C=O) groups is 1. The monoisotopic (exact) mass is 277 g/mol. The molecule has 2 aromatic rings. The van der Waals surface area contributed by atoms with Crippen molar-refractivity contribution in [3.63, 3.8) is 0 Å². The highest BCUT2D eigenvalue weighted by Gasteiger charge is 2.06. The first-order valence-corrected chi connectivity index (χ1v) is 6.23. The van der Waals surface area contributed by atoms with Crippen LogP contribution in [0.3, 0.4) is 0 Å². The van der Waals surface area contributed by atoms with Gasteiger partial charge in [-0.1, -0.05) is 0 Å². The van der Waals surface area contributed by atoms with Crippen LogP contribution < -0.4 is 10.6 Å². The molecule has 2 rings (SSSR count). The molecule has 20 heavy (non-hydrogen) atoms. The van der Waals surface area contributed by atoms with Gasteiger partial charge in [-0.25, -0.2) is 9.37 Å². The number of aryl methyl sites for hydroxylation is 2. The van der Waals surface area contributed by atoms with Crippen LogP contribution in [0.5, 0.6) is 0 Å². The third-order valence-corrected chi connectivity index (χ3v) is 2.76. The second-order valence-corrected chi connectivity index (χ2v) is 4.41. The Labute approximate surface area is 116 Å². The van der Waals surface area contributed by atoms with Crippen molar-refractivity contribution in [3.8, 4) is 0 Å². The summed E-state index contributed by atoms with van der Waals surface area (Å²) in [5.74, 6) is 0.777. The van der Waals surface area contributed by atoms with Gasteiger partial charge < -0.3 is 9.73 Å². The Kier molecular flexibility index (Phi) is 4.47. The van der Waals surface area contributed by atoms with Gasteiger partial charge in [0, 0.05) is 5.69 Å². The molecule has 1 heterocycles. The van der Waals surface area contributed by atoms with Crippen LogP contribution in [0.1, 0.15) is 17.3 Å². The minimum Gasteiger partial charge on any atom is -0.444 e. The van der Waals surface area contributed by atoms with E-state index in [-0.39, 0.29) is 18.3 Å². The maximum atomic E-state index is 12.7. The number of nitrogens with one attached hydrogen (secondary N) is 2. The van der Waals surface area contributed by atoms with Gasteiger partial charge in [-0.2, -0.15) is 0 Å². The fraction of sp³-hybridized carbons (Fsp3) is 0.286. The van der Waals surface area contributed by atoms with Crippen molar-refractivity contribution >= 4 is 11.6 Å². The lowest BCUT2D eigenvalue weighted by Crippen LogP contribution is -2.27. The Morgan fingerprint density at radius 1 is 1.30 bits per heavy atom. The second-order valence-electron chi connectivity index (χ2n) is 4.41. The first-order valence-electron chi connectivity index (χ1n) is 6.23. The van der Waals surface area contributed by atoms with E-state index in [0.717, 1.165) is 11.5 Å². The summed E-state index contributed by atoms with van der Waals surface area (Å²) in [5, 5.41) is 5.58. The largest absolute Gasteiger partial charge is 0.444 e. The lowest BCUT2D eigenvalue weighted by atomic mass is 10.3. The van der Waals surface area contributed by atoms with E-state index >= 15 is 0 Å². The van der Waals surface area contributed by atoms with Gasteiger partial charge in [0.15, 0.2) is 0 Å². The Morgan fingerprint density at radius 3 is 2.60 bits per heavy atom. The third kappa shape index (κ3) is 3.89. The molecule has 106 valence electrons. The van der Waals surface area contributed by atoms with Gasteiger partial charge in [-0.3, -0.25) is 10.1 Å². The van der Waals surface area contributed by atoms with Crippen molar-refractivity contribution in [1.29, 1.82) is 0 Å². The van der Waals surface area contributed by atoms with Crippen LogP contribution in [-0.2, 0) is 11.3 Å². The molecule has 6 heteroatoms. The highest BCUT2D eigenvalue weighted by molar-refractivity contribution is 5.92. The number of hydrogen-bond donors (Lipinski definition) is 2. The molecule has 2 N–H and O–H groups in total. The number of nitrogens with zero attached hydrogens (tertiary/aromatic N) is 1. The third-order valence-electron chi connectivity index (χ3n) is 2.76. The van der Waals surface area contributed by atoms with Crippen LogP contribution in [0.2, 0.25) is 0 Å². The van der Waals surface area contributed by atoms with Gasteiger partial charge in [0.1, 0.15) is 11.6 Å². The number of oxazole rings is 1. The maximum Gasteiger partial charge on any atom is 0.238 e. The summed E-state index contributed by atoms with van der Waals surface area (Å²) in [7, 11) is 0. The number of anilines is 1. The molecule has 5 nitrogen and oxygen atoms in total. The summed E-state index contributed by atoms with van der Waals surface area (Å²) >= 11 is 0. The average molecular weight is 277 g/mol. The SMILES string of the molecule is Cc1nc(CNCC(=O)Nc2ccc(F)cc2)oc1C. The Morgan fingerprint density at radius 2 is 2.00 bits per heavy atom. The van der Waals surface area contributed by atoms with Crippen molar-refractivity contribution in [2.45, 2.75) is 20.4 Å². The van der Waals surface area contributed by atoms with Crippen molar-refractivity contribution in [2.75, 3.05) is 11.9 Å². The van der Waals surface area contributed by atoms with E-state index < -0.39 is 0 Å². The van der Waals surface area contributed by atoms with Gasteiger partial charge >= 0.3 is 0 Å². The summed E-state index contributed by atoms with van der Waals surface area (Å²) in [6.45, 7) is 4.21. The second kappa shape index (κ2) is 6.29. The van der Waals surface area contributed by atoms with Crippen molar-refractivity contribution < 1.29 is 13.6 Å². The lowest BCUT2D eigenvalue weighted by Gasteiger charge is -2.05. The fourth-order valence-electron chi connectivity index (χ4n) is 1.64. The molecule has 0 aliphatic heterocycles. The van der Waals surface area contributed by atoms with E-state index in [1.165, 1.54) is 24.3 Å². The summed E-state index contributed by atoms with van der Waals surface area (Å²) < 4.78 is 18.1. The van der Waals surface area contributed by atoms with Crippen LogP contribution in [0.15, 0.2) is 28.7 Å². The maximum absolute atomic E-state index is 12.7. The van der Waals surface area contributed by atoms with Crippen molar-refractivity contribution in [1.82, 2.24) is 10.3 Å². The first-order chi connectivity index (χ1) is 9.54. The van der Waals surface area contributed by atoms with E-state index in [0.29, 0.717) is 18.1 Å². The standard InChI is InChI=1S/C14H16FN3O2/c1-9-10(2)20-14(17-9)8-16-7-13(19)18-12-5-3-11(15)4-6-12/h3-6,16H,7-8H2,1-2H3,(H,18,19). The average Bonchev–Trinajstić information content (AvgIpc) is 2.71. The van der Waals surface area contributed by atoms with Crippen molar-refractivity contribution in [2.24, 2.45) is 0 Å². The van der Waals surface area contributed by atoms with E-state index in [4.69, 9.17) is 4.42 Å². The first kappa shape index (κ1) is 14.2. The molecule has 0 radical (unpaired) electrons. The number of amides is 1. The van der Waals surface area contributed by atoms with Gasteiger partial charge in [-0.05, 0) is 38.1 Å². The normalized spacial score (nSPS) is 10.6. The molecule has 1 aromatic carbocycles. The molecule has 0 atom stereocenters. The minimum atomic E-state index is -0.337. The minimum absolute atomic E-state index is 0.123. The van der Waals surface area contributed by atoms with E-state index in [1.807, 2.05) is 13.8 Å².